The van der Waals surface area contributed by atoms with Gasteiger partial charge in [-0.25, -0.2) is 4.57 Å². The summed E-state index contributed by atoms with van der Waals surface area (Å²) in [4.78, 5) is 4.96. The molecule has 246 valence electrons. The Hall–Kier alpha value is -5.26. The van der Waals surface area contributed by atoms with Gasteiger partial charge >= 0.3 is 5.82 Å². The summed E-state index contributed by atoms with van der Waals surface area (Å²) in [5.74, 6) is 1.30. The fraction of sp³-hybridized carbons (Fsp3) is 0.200. The van der Waals surface area contributed by atoms with E-state index in [9.17, 15) is 0 Å². The van der Waals surface area contributed by atoms with Crippen LogP contribution in [0.1, 0.15) is 66.2 Å². The Bertz CT molecular complexity index is 2880. The normalized spacial score (nSPS) is 13.4. The summed E-state index contributed by atoms with van der Waals surface area (Å²) in [6.07, 6.45) is 0. The standard InChI is InChI=1S/C45H40N3OS/c1-25(2)34-23-30(29-15-9-8-10-16-29)24-35(26(3)4)41(34)48-37-19-13-12-18-36(37)47(7)45(48)40-28(6)46-27(5)39-33-22-21-32-31-17-11-14-20-38(31)50-44(32)42(33)49-43(39)40/h8-26H,1-7H3/q+1/i5D3. The maximum Gasteiger partial charge on any atom is 0.300 e. The summed E-state index contributed by atoms with van der Waals surface area (Å²) in [5, 5.41) is 3.57. The first-order valence-electron chi connectivity index (χ1n) is 18.8. The molecule has 4 aromatic heterocycles. The van der Waals surface area contributed by atoms with E-state index in [0.717, 1.165) is 53.7 Å². The maximum atomic E-state index is 8.66. The van der Waals surface area contributed by atoms with Crippen LogP contribution < -0.4 is 4.57 Å². The van der Waals surface area contributed by atoms with E-state index in [0.29, 0.717) is 22.2 Å². The molecule has 0 aliphatic rings. The van der Waals surface area contributed by atoms with Gasteiger partial charge in [-0.2, -0.15) is 4.57 Å². The van der Waals surface area contributed by atoms with Crippen molar-refractivity contribution >= 4 is 64.5 Å². The molecule has 5 aromatic carbocycles. The molecule has 0 radical (unpaired) electrons. The summed E-state index contributed by atoms with van der Waals surface area (Å²) in [6, 6.07) is 36.2. The van der Waals surface area contributed by atoms with Crippen molar-refractivity contribution in [3.63, 3.8) is 0 Å². The number of nitrogens with zero attached hydrogens (tertiary/aromatic N) is 3. The van der Waals surface area contributed by atoms with E-state index in [2.05, 4.69) is 135 Å². The van der Waals surface area contributed by atoms with Gasteiger partial charge in [0.25, 0.3) is 0 Å². The van der Waals surface area contributed by atoms with E-state index >= 15 is 0 Å². The number of para-hydroxylation sites is 2. The van der Waals surface area contributed by atoms with E-state index < -0.39 is 6.85 Å². The Morgan fingerprint density at radius 3 is 2.16 bits per heavy atom. The molecular formula is C45H40N3OS+. The van der Waals surface area contributed by atoms with E-state index in [1.807, 2.05) is 19.1 Å². The third-order valence-electron chi connectivity index (χ3n) is 10.3. The van der Waals surface area contributed by atoms with Crippen LogP contribution in [0, 0.1) is 13.8 Å². The number of fused-ring (bicyclic) bond motifs is 8. The molecule has 9 aromatic rings. The van der Waals surface area contributed by atoms with Crippen LogP contribution in [0.3, 0.4) is 0 Å². The number of benzene rings is 5. The van der Waals surface area contributed by atoms with Crippen molar-refractivity contribution in [2.24, 2.45) is 7.05 Å². The van der Waals surface area contributed by atoms with E-state index in [4.69, 9.17) is 13.5 Å². The second-order valence-corrected chi connectivity index (χ2v) is 15.1. The summed E-state index contributed by atoms with van der Waals surface area (Å²) >= 11 is 1.68. The molecule has 0 atom stereocenters. The number of hydrogen-bond donors (Lipinski definition) is 0. The van der Waals surface area contributed by atoms with Crippen molar-refractivity contribution in [3.8, 4) is 28.2 Å². The highest BCUT2D eigenvalue weighted by Crippen LogP contribution is 2.46. The molecule has 0 saturated heterocycles. The number of furan rings is 1. The third-order valence-corrected chi connectivity index (χ3v) is 11.5. The van der Waals surface area contributed by atoms with Crippen LogP contribution in [0.25, 0.3) is 81.3 Å². The molecule has 0 bridgehead atoms. The van der Waals surface area contributed by atoms with E-state index in [-0.39, 0.29) is 17.5 Å². The van der Waals surface area contributed by atoms with Gasteiger partial charge in [0.1, 0.15) is 11.3 Å². The minimum absolute atomic E-state index is 0.0660. The van der Waals surface area contributed by atoms with Crippen LogP contribution >= 0.6 is 11.3 Å². The number of pyridine rings is 1. The van der Waals surface area contributed by atoms with Gasteiger partial charge < -0.3 is 4.42 Å². The zero-order valence-corrected chi connectivity index (χ0v) is 29.9. The van der Waals surface area contributed by atoms with Gasteiger partial charge in [-0.3, -0.25) is 4.98 Å². The van der Waals surface area contributed by atoms with Crippen LogP contribution in [0.15, 0.2) is 108 Å². The first kappa shape index (κ1) is 27.5. The van der Waals surface area contributed by atoms with Crippen LogP contribution in [0.5, 0.6) is 0 Å². The molecule has 4 nitrogen and oxygen atoms in total. The summed E-state index contributed by atoms with van der Waals surface area (Å²) in [6.45, 7) is 8.50. The predicted molar refractivity (Wildman–Crippen MR) is 211 cm³/mol. The molecule has 0 N–H and O–H groups in total. The lowest BCUT2D eigenvalue weighted by Crippen LogP contribution is -2.31. The Kier molecular flexibility index (Phi) is 6.28. The van der Waals surface area contributed by atoms with Crippen LogP contribution in [-0.2, 0) is 7.05 Å². The number of aryl methyl sites for hydroxylation is 3. The lowest BCUT2D eigenvalue weighted by Gasteiger charge is -2.21. The molecular weight excluding hydrogens is 631 g/mol. The van der Waals surface area contributed by atoms with Crippen molar-refractivity contribution in [1.29, 1.82) is 0 Å². The van der Waals surface area contributed by atoms with E-state index in [1.165, 1.54) is 22.3 Å². The third kappa shape index (κ3) is 4.42. The van der Waals surface area contributed by atoms with Gasteiger partial charge in [-0.15, -0.1) is 11.3 Å². The first-order valence-corrected chi connectivity index (χ1v) is 18.2. The van der Waals surface area contributed by atoms with Gasteiger partial charge in [0, 0.05) is 41.8 Å². The van der Waals surface area contributed by atoms with Crippen LogP contribution in [-0.4, -0.2) is 9.55 Å². The summed E-state index contributed by atoms with van der Waals surface area (Å²) in [7, 11) is 2.09. The summed E-state index contributed by atoms with van der Waals surface area (Å²) in [5.41, 5.74) is 10.8. The number of rotatable bonds is 5. The molecule has 4 heterocycles. The molecule has 0 unspecified atom stereocenters. The molecule has 5 heteroatoms. The molecule has 0 aliphatic heterocycles. The second kappa shape index (κ2) is 11.4. The molecule has 50 heavy (non-hydrogen) atoms. The minimum Gasteiger partial charge on any atom is -0.453 e. The number of imidazole rings is 1. The fourth-order valence-electron chi connectivity index (χ4n) is 7.89. The average molecular weight is 674 g/mol. The van der Waals surface area contributed by atoms with Crippen molar-refractivity contribution in [2.45, 2.75) is 53.3 Å². The number of thiophene rings is 1. The Morgan fingerprint density at radius 1 is 0.740 bits per heavy atom. The van der Waals surface area contributed by atoms with Gasteiger partial charge in [0.2, 0.25) is 0 Å². The van der Waals surface area contributed by atoms with E-state index in [1.54, 1.807) is 11.3 Å². The number of aromatic nitrogens is 3. The quantitative estimate of drug-likeness (QED) is 0.170. The molecule has 0 amide bonds. The SMILES string of the molecule is [2H]C([2H])([2H])c1nc(C)c(-c2n(-c3c(C(C)C)cc(-c4ccccc4)cc3C(C)C)c3ccccc3[n+]2C)c2oc3c(ccc4c5ccccc5sc43)c12. The number of hydrogen-bond acceptors (Lipinski definition) is 3. The van der Waals surface area contributed by atoms with Gasteiger partial charge in [0.05, 0.1) is 22.8 Å². The van der Waals surface area contributed by atoms with Crippen LogP contribution in [0.2, 0.25) is 0 Å². The smallest absolute Gasteiger partial charge is 0.300 e. The summed E-state index contributed by atoms with van der Waals surface area (Å²) < 4.78 is 39.8. The minimum atomic E-state index is -2.45. The topological polar surface area (TPSA) is 34.8 Å². The fourth-order valence-corrected chi connectivity index (χ4v) is 9.08. The average Bonchev–Trinajstić information content (AvgIpc) is 3.80. The van der Waals surface area contributed by atoms with Gasteiger partial charge in [0.15, 0.2) is 22.2 Å². The zero-order valence-electron chi connectivity index (χ0n) is 32.1. The van der Waals surface area contributed by atoms with Crippen molar-refractivity contribution < 1.29 is 13.1 Å². The van der Waals surface area contributed by atoms with Crippen LogP contribution in [0.4, 0.5) is 0 Å². The highest BCUT2D eigenvalue weighted by molar-refractivity contribution is 7.26. The van der Waals surface area contributed by atoms with Crippen molar-refractivity contribution in [3.05, 3.63) is 126 Å². The Morgan fingerprint density at radius 2 is 1.42 bits per heavy atom. The zero-order chi connectivity index (χ0) is 36.9. The Labute approximate surface area is 300 Å². The maximum absolute atomic E-state index is 8.66. The lowest BCUT2D eigenvalue weighted by molar-refractivity contribution is -0.633. The second-order valence-electron chi connectivity index (χ2n) is 14.0. The Balaban J connectivity index is 1.46. The lowest BCUT2D eigenvalue weighted by atomic mass is 9.88. The molecule has 0 saturated carbocycles. The molecule has 0 aliphatic carbocycles. The van der Waals surface area contributed by atoms with Gasteiger partial charge in [-0.1, -0.05) is 94.4 Å². The largest absolute Gasteiger partial charge is 0.453 e. The van der Waals surface area contributed by atoms with Crippen molar-refractivity contribution in [1.82, 2.24) is 9.55 Å². The van der Waals surface area contributed by atoms with Crippen molar-refractivity contribution in [2.75, 3.05) is 0 Å². The monoisotopic (exact) mass is 673 g/mol. The molecule has 0 fully saturated rings. The first-order chi connectivity index (χ1) is 25.4. The molecule has 9 rings (SSSR count). The highest BCUT2D eigenvalue weighted by atomic mass is 32.1. The highest BCUT2D eigenvalue weighted by Gasteiger charge is 2.35. The predicted octanol–water partition coefficient (Wildman–Crippen LogP) is 12.3. The van der Waals surface area contributed by atoms with Gasteiger partial charge in [-0.05, 0) is 73.1 Å². The molecule has 0 spiro atoms.